The number of halogens is 1. The smallest absolute Gasteiger partial charge is 0.335 e. The molecule has 0 saturated heterocycles. The van der Waals surface area contributed by atoms with E-state index in [1.807, 2.05) is 17.6 Å². The minimum atomic E-state index is -0.951. The second-order valence-electron chi connectivity index (χ2n) is 5.20. The maximum absolute atomic E-state index is 13.2. The van der Waals surface area contributed by atoms with Crippen molar-refractivity contribution in [1.82, 2.24) is 4.57 Å². The number of carboxylic acids is 1. The largest absolute Gasteiger partial charge is 0.487 e. The lowest BCUT2D eigenvalue weighted by molar-refractivity contribution is 0.0697. The number of rotatable bonds is 5. The van der Waals surface area contributed by atoms with E-state index in [-0.39, 0.29) is 18.0 Å². The lowest BCUT2D eigenvalue weighted by Gasteiger charge is -2.10. The minimum absolute atomic E-state index is 0.253. The van der Waals surface area contributed by atoms with Crippen molar-refractivity contribution in [2.24, 2.45) is 0 Å². The first-order valence-corrected chi connectivity index (χ1v) is 7.32. The number of aromatic nitrogens is 1. The number of ether oxygens (including phenoxy) is 1. The van der Waals surface area contributed by atoms with Gasteiger partial charge in [-0.3, -0.25) is 0 Å². The summed E-state index contributed by atoms with van der Waals surface area (Å²) in [5.41, 5.74) is 2.02. The molecular weight excluding hydrogens is 297 g/mol. The molecule has 0 radical (unpaired) electrons. The van der Waals surface area contributed by atoms with Gasteiger partial charge in [-0.25, -0.2) is 9.18 Å². The highest BCUT2D eigenvalue weighted by molar-refractivity contribution is 5.93. The van der Waals surface area contributed by atoms with Gasteiger partial charge in [0, 0.05) is 23.5 Å². The molecule has 0 unspecified atom stereocenters. The highest BCUT2D eigenvalue weighted by Gasteiger charge is 2.11. The predicted octanol–water partition coefficient (Wildman–Crippen LogP) is 4.08. The molecule has 1 N–H and O–H groups in total. The monoisotopic (exact) mass is 313 g/mol. The predicted molar refractivity (Wildman–Crippen MR) is 85.3 cm³/mol. The van der Waals surface area contributed by atoms with E-state index >= 15 is 0 Å². The first-order valence-electron chi connectivity index (χ1n) is 7.32. The highest BCUT2D eigenvalue weighted by Crippen LogP contribution is 2.23. The van der Waals surface area contributed by atoms with Gasteiger partial charge in [0.25, 0.3) is 0 Å². The Labute approximate surface area is 132 Å². The molecule has 0 aliphatic carbocycles. The molecule has 0 fully saturated rings. The van der Waals surface area contributed by atoms with Crippen LogP contribution >= 0.6 is 0 Å². The van der Waals surface area contributed by atoms with Crippen LogP contribution in [0.15, 0.2) is 48.5 Å². The average molecular weight is 313 g/mol. The minimum Gasteiger partial charge on any atom is -0.487 e. The van der Waals surface area contributed by atoms with E-state index < -0.39 is 5.97 Å². The molecule has 3 aromatic rings. The van der Waals surface area contributed by atoms with Crippen molar-refractivity contribution in [2.75, 3.05) is 0 Å². The summed E-state index contributed by atoms with van der Waals surface area (Å²) in [6.45, 7) is 2.96. The fourth-order valence-electron chi connectivity index (χ4n) is 2.65. The molecule has 5 heteroatoms. The molecule has 23 heavy (non-hydrogen) atoms. The number of benzene rings is 2. The first-order chi connectivity index (χ1) is 11.1. The SMILES string of the molecule is CCn1c(COc2cccc(F)c2)cc2ccc(C(=O)O)cc21. The third kappa shape index (κ3) is 3.04. The van der Waals surface area contributed by atoms with Gasteiger partial charge in [-0.15, -0.1) is 0 Å². The fourth-order valence-corrected chi connectivity index (χ4v) is 2.65. The Morgan fingerprint density at radius 3 is 2.74 bits per heavy atom. The Kier molecular flexibility index (Phi) is 4.02. The molecule has 1 aromatic heterocycles. The Hall–Kier alpha value is -2.82. The zero-order valence-corrected chi connectivity index (χ0v) is 12.6. The first kappa shape index (κ1) is 15.1. The van der Waals surface area contributed by atoms with Crippen molar-refractivity contribution in [3.63, 3.8) is 0 Å². The van der Waals surface area contributed by atoms with Crippen molar-refractivity contribution in [3.05, 3.63) is 65.6 Å². The van der Waals surface area contributed by atoms with Gasteiger partial charge in [-0.05, 0) is 37.3 Å². The normalized spacial score (nSPS) is 10.9. The van der Waals surface area contributed by atoms with Crippen LogP contribution in [0.1, 0.15) is 23.0 Å². The van der Waals surface area contributed by atoms with Gasteiger partial charge in [-0.1, -0.05) is 12.1 Å². The van der Waals surface area contributed by atoms with Crippen LogP contribution in [0, 0.1) is 5.82 Å². The standard InChI is InChI=1S/C18H16FNO3/c1-2-20-15(11-23-16-5-3-4-14(19)10-16)8-12-6-7-13(18(21)22)9-17(12)20/h3-10H,2,11H2,1H3,(H,21,22). The van der Waals surface area contributed by atoms with Crippen LogP contribution in [-0.4, -0.2) is 15.6 Å². The summed E-state index contributed by atoms with van der Waals surface area (Å²) in [5.74, 6) is -0.831. The second-order valence-corrected chi connectivity index (χ2v) is 5.20. The summed E-state index contributed by atoms with van der Waals surface area (Å²) in [7, 11) is 0. The van der Waals surface area contributed by atoms with Crippen LogP contribution in [0.4, 0.5) is 4.39 Å². The number of carbonyl (C=O) groups is 1. The summed E-state index contributed by atoms with van der Waals surface area (Å²) in [6.07, 6.45) is 0. The van der Waals surface area contributed by atoms with E-state index in [0.717, 1.165) is 16.6 Å². The van der Waals surface area contributed by atoms with Gasteiger partial charge in [0.2, 0.25) is 0 Å². The van der Waals surface area contributed by atoms with E-state index in [4.69, 9.17) is 9.84 Å². The number of aryl methyl sites for hydroxylation is 1. The van der Waals surface area contributed by atoms with Crippen molar-refractivity contribution in [3.8, 4) is 5.75 Å². The average Bonchev–Trinajstić information content (AvgIpc) is 2.89. The second kappa shape index (κ2) is 6.12. The molecule has 0 saturated carbocycles. The van der Waals surface area contributed by atoms with E-state index in [1.165, 1.54) is 12.1 Å². The van der Waals surface area contributed by atoms with Gasteiger partial charge >= 0.3 is 5.97 Å². The topological polar surface area (TPSA) is 51.5 Å². The molecule has 0 spiro atoms. The van der Waals surface area contributed by atoms with E-state index in [2.05, 4.69) is 0 Å². The molecule has 0 bridgehead atoms. The van der Waals surface area contributed by atoms with Crippen molar-refractivity contribution < 1.29 is 19.0 Å². The number of aromatic carboxylic acids is 1. The lowest BCUT2D eigenvalue weighted by Crippen LogP contribution is -2.05. The summed E-state index contributed by atoms with van der Waals surface area (Å²) in [4.78, 5) is 11.1. The van der Waals surface area contributed by atoms with Gasteiger partial charge in [0.15, 0.2) is 0 Å². The number of nitrogens with zero attached hydrogens (tertiary/aromatic N) is 1. The van der Waals surface area contributed by atoms with E-state index in [9.17, 15) is 9.18 Å². The van der Waals surface area contributed by atoms with Crippen molar-refractivity contribution >= 4 is 16.9 Å². The number of carboxylic acid groups (broad SMARTS) is 1. The zero-order valence-electron chi connectivity index (χ0n) is 12.6. The summed E-state index contributed by atoms with van der Waals surface area (Å²) in [6, 6.07) is 13.0. The fraction of sp³-hybridized carbons (Fsp3) is 0.167. The zero-order chi connectivity index (χ0) is 16.4. The third-order valence-corrected chi connectivity index (χ3v) is 3.74. The van der Waals surface area contributed by atoms with Crippen molar-refractivity contribution in [2.45, 2.75) is 20.1 Å². The quantitative estimate of drug-likeness (QED) is 0.772. The van der Waals surface area contributed by atoms with Crippen LogP contribution in [0.25, 0.3) is 10.9 Å². The highest BCUT2D eigenvalue weighted by atomic mass is 19.1. The van der Waals surface area contributed by atoms with Gasteiger partial charge in [0.1, 0.15) is 18.2 Å². The Morgan fingerprint density at radius 2 is 2.04 bits per heavy atom. The molecule has 1 heterocycles. The van der Waals surface area contributed by atoms with Gasteiger partial charge in [-0.2, -0.15) is 0 Å². The molecule has 2 aromatic carbocycles. The maximum Gasteiger partial charge on any atom is 0.335 e. The number of hydrogen-bond donors (Lipinski definition) is 1. The van der Waals surface area contributed by atoms with Crippen molar-refractivity contribution in [1.29, 1.82) is 0 Å². The number of fused-ring (bicyclic) bond motifs is 1. The molecule has 0 aliphatic heterocycles. The summed E-state index contributed by atoms with van der Waals surface area (Å²) < 4.78 is 20.8. The molecule has 0 atom stereocenters. The van der Waals surface area contributed by atoms with E-state index in [0.29, 0.717) is 12.3 Å². The van der Waals surface area contributed by atoms with Gasteiger partial charge in [0.05, 0.1) is 11.3 Å². The third-order valence-electron chi connectivity index (χ3n) is 3.74. The lowest BCUT2D eigenvalue weighted by atomic mass is 10.1. The molecule has 0 amide bonds. The van der Waals surface area contributed by atoms with Crippen LogP contribution < -0.4 is 4.74 Å². The Bertz CT molecular complexity index is 870. The summed E-state index contributed by atoms with van der Waals surface area (Å²) >= 11 is 0. The van der Waals surface area contributed by atoms with Crippen LogP contribution in [0.2, 0.25) is 0 Å². The van der Waals surface area contributed by atoms with Crippen LogP contribution in [0.5, 0.6) is 5.75 Å². The molecule has 0 aliphatic rings. The maximum atomic E-state index is 13.2. The van der Waals surface area contributed by atoms with Crippen LogP contribution in [0.3, 0.4) is 0 Å². The van der Waals surface area contributed by atoms with Crippen LogP contribution in [-0.2, 0) is 13.2 Å². The Morgan fingerprint density at radius 1 is 1.22 bits per heavy atom. The van der Waals surface area contributed by atoms with E-state index in [1.54, 1.807) is 30.3 Å². The Balaban J connectivity index is 1.92. The molecule has 118 valence electrons. The molecule has 3 rings (SSSR count). The summed E-state index contributed by atoms with van der Waals surface area (Å²) in [5, 5.41) is 10.1. The molecular formula is C18H16FNO3. The number of hydrogen-bond acceptors (Lipinski definition) is 2. The molecule has 4 nitrogen and oxygen atoms in total. The van der Waals surface area contributed by atoms with Gasteiger partial charge < -0.3 is 14.4 Å².